The minimum Gasteiger partial charge on any atom is -0.475 e. The van der Waals surface area contributed by atoms with Crippen molar-refractivity contribution in [2.24, 2.45) is 0 Å². The molecular formula is C9H6FNO. The van der Waals surface area contributed by atoms with Gasteiger partial charge >= 0.3 is 0 Å². The number of fused-ring (bicyclic) bond motifs is 1. The van der Waals surface area contributed by atoms with E-state index >= 15 is 0 Å². The van der Waals surface area contributed by atoms with Crippen LogP contribution in [0.25, 0.3) is 0 Å². The van der Waals surface area contributed by atoms with Gasteiger partial charge in [0, 0.05) is 12.5 Å². The van der Waals surface area contributed by atoms with E-state index in [0.717, 1.165) is 5.56 Å². The van der Waals surface area contributed by atoms with Crippen molar-refractivity contribution >= 4 is 0 Å². The number of rotatable bonds is 0. The van der Waals surface area contributed by atoms with E-state index in [4.69, 9.17) is 10.00 Å². The summed E-state index contributed by atoms with van der Waals surface area (Å²) in [5.74, 6) is 0.175. The highest BCUT2D eigenvalue weighted by atomic mass is 19.1. The first-order chi connectivity index (χ1) is 5.79. The molecule has 0 amide bonds. The molecule has 0 aliphatic carbocycles. The van der Waals surface area contributed by atoms with Crippen LogP contribution in [0.1, 0.15) is 5.56 Å². The first-order valence-electron chi connectivity index (χ1n) is 3.64. The third kappa shape index (κ3) is 1.02. The first kappa shape index (κ1) is 7.11. The van der Waals surface area contributed by atoms with Gasteiger partial charge in [-0.05, 0) is 11.6 Å². The quantitative estimate of drug-likeness (QED) is 0.582. The number of hydrogen-bond donors (Lipinski definition) is 0. The summed E-state index contributed by atoms with van der Waals surface area (Å²) in [6.45, 7) is 0. The predicted molar refractivity (Wildman–Crippen MR) is 40.1 cm³/mol. The van der Waals surface area contributed by atoms with Crippen LogP contribution in [0.3, 0.4) is 0 Å². The smallest absolute Gasteiger partial charge is 0.188 e. The van der Waals surface area contributed by atoms with Crippen LogP contribution in [-0.2, 0) is 6.42 Å². The third-order valence-corrected chi connectivity index (χ3v) is 1.85. The van der Waals surface area contributed by atoms with Gasteiger partial charge in [-0.1, -0.05) is 6.07 Å². The Kier molecular flexibility index (Phi) is 1.47. The van der Waals surface area contributed by atoms with Gasteiger partial charge in [0.15, 0.2) is 6.10 Å². The molecule has 1 aromatic rings. The average molecular weight is 163 g/mol. The molecule has 1 aliphatic heterocycles. The molecule has 1 atom stereocenters. The summed E-state index contributed by atoms with van der Waals surface area (Å²) in [6.07, 6.45) is 0.119. The lowest BCUT2D eigenvalue weighted by Crippen LogP contribution is -2.08. The van der Waals surface area contributed by atoms with E-state index < -0.39 is 6.10 Å². The maximum atomic E-state index is 12.6. The van der Waals surface area contributed by atoms with E-state index in [1.54, 1.807) is 6.07 Å². The molecule has 1 aliphatic rings. The monoisotopic (exact) mass is 163 g/mol. The van der Waals surface area contributed by atoms with Crippen LogP contribution in [0, 0.1) is 17.1 Å². The largest absolute Gasteiger partial charge is 0.475 e. The van der Waals surface area contributed by atoms with Crippen molar-refractivity contribution < 1.29 is 9.13 Å². The molecule has 0 bridgehead atoms. The summed E-state index contributed by atoms with van der Waals surface area (Å²) in [5.41, 5.74) is 0.906. The first-order valence-corrected chi connectivity index (χ1v) is 3.64. The molecule has 60 valence electrons. The Balaban J connectivity index is 2.37. The number of halogens is 1. The molecule has 12 heavy (non-hydrogen) atoms. The summed E-state index contributed by atoms with van der Waals surface area (Å²) in [4.78, 5) is 0. The molecule has 2 nitrogen and oxygen atoms in total. The van der Waals surface area contributed by atoms with Crippen LogP contribution in [0.15, 0.2) is 18.2 Å². The van der Waals surface area contributed by atoms with Crippen molar-refractivity contribution in [3.05, 3.63) is 29.6 Å². The maximum absolute atomic E-state index is 12.6. The lowest BCUT2D eigenvalue weighted by Gasteiger charge is -1.99. The van der Waals surface area contributed by atoms with Crippen molar-refractivity contribution in [3.63, 3.8) is 0 Å². The fourth-order valence-electron chi connectivity index (χ4n) is 1.27. The van der Waals surface area contributed by atoms with E-state index in [1.807, 2.05) is 6.07 Å². The van der Waals surface area contributed by atoms with Crippen LogP contribution in [-0.4, -0.2) is 6.10 Å². The highest BCUT2D eigenvalue weighted by Gasteiger charge is 2.22. The van der Waals surface area contributed by atoms with Gasteiger partial charge in [0.1, 0.15) is 17.6 Å². The topological polar surface area (TPSA) is 33.0 Å². The van der Waals surface area contributed by atoms with E-state index in [9.17, 15) is 4.39 Å². The second kappa shape index (κ2) is 2.49. The summed E-state index contributed by atoms with van der Waals surface area (Å²) < 4.78 is 17.8. The summed E-state index contributed by atoms with van der Waals surface area (Å²) in [6, 6.07) is 6.33. The van der Waals surface area contributed by atoms with Gasteiger partial charge in [-0.15, -0.1) is 0 Å². The fourth-order valence-corrected chi connectivity index (χ4v) is 1.27. The van der Waals surface area contributed by atoms with Crippen molar-refractivity contribution in [1.29, 1.82) is 5.26 Å². The Hall–Kier alpha value is -1.56. The highest BCUT2D eigenvalue weighted by molar-refractivity contribution is 5.39. The van der Waals surface area contributed by atoms with E-state index in [0.29, 0.717) is 12.2 Å². The standard InChI is InChI=1S/C9H6FNO/c10-7-2-1-6-3-8(5-11)12-9(6)4-7/h1-2,4,8H,3H2. The molecule has 3 heteroatoms. The molecule has 0 saturated heterocycles. The van der Waals surface area contributed by atoms with Crippen LogP contribution in [0.5, 0.6) is 5.75 Å². The second-order valence-electron chi connectivity index (χ2n) is 2.69. The Morgan fingerprint density at radius 3 is 3.17 bits per heavy atom. The van der Waals surface area contributed by atoms with Crippen molar-refractivity contribution in [2.45, 2.75) is 12.5 Å². The maximum Gasteiger partial charge on any atom is 0.188 e. The molecule has 0 saturated carbocycles. The Morgan fingerprint density at radius 2 is 2.42 bits per heavy atom. The van der Waals surface area contributed by atoms with Crippen LogP contribution < -0.4 is 4.74 Å². The molecule has 0 spiro atoms. The van der Waals surface area contributed by atoms with Gasteiger partial charge in [0.05, 0.1) is 0 Å². The van der Waals surface area contributed by atoms with Crippen LogP contribution in [0.4, 0.5) is 4.39 Å². The predicted octanol–water partition coefficient (Wildman–Crippen LogP) is 1.65. The zero-order valence-electron chi connectivity index (χ0n) is 6.25. The molecule has 0 radical (unpaired) electrons. The Morgan fingerprint density at radius 1 is 1.58 bits per heavy atom. The number of nitriles is 1. The molecule has 2 rings (SSSR count). The Labute approximate surface area is 69.2 Å². The molecule has 0 fully saturated rings. The van der Waals surface area contributed by atoms with Crippen LogP contribution >= 0.6 is 0 Å². The van der Waals surface area contributed by atoms with Gasteiger partial charge in [-0.3, -0.25) is 0 Å². The van der Waals surface area contributed by atoms with Gasteiger partial charge in [-0.2, -0.15) is 5.26 Å². The van der Waals surface area contributed by atoms with Gasteiger partial charge in [0.25, 0.3) is 0 Å². The fraction of sp³-hybridized carbons (Fsp3) is 0.222. The van der Waals surface area contributed by atoms with Gasteiger partial charge < -0.3 is 4.74 Å². The molecule has 0 aromatic heterocycles. The second-order valence-corrected chi connectivity index (χ2v) is 2.69. The number of hydrogen-bond acceptors (Lipinski definition) is 2. The molecule has 1 heterocycles. The minimum absolute atomic E-state index is 0.327. The molecule has 0 N–H and O–H groups in total. The van der Waals surface area contributed by atoms with Crippen molar-refractivity contribution in [1.82, 2.24) is 0 Å². The van der Waals surface area contributed by atoms with Crippen molar-refractivity contribution in [2.75, 3.05) is 0 Å². The van der Waals surface area contributed by atoms with E-state index in [-0.39, 0.29) is 5.82 Å². The number of ether oxygens (including phenoxy) is 1. The van der Waals surface area contributed by atoms with Crippen LogP contribution in [0.2, 0.25) is 0 Å². The van der Waals surface area contributed by atoms with E-state index in [1.165, 1.54) is 12.1 Å². The number of nitrogens with zero attached hydrogens (tertiary/aromatic N) is 1. The molecular weight excluding hydrogens is 157 g/mol. The zero-order chi connectivity index (χ0) is 8.55. The average Bonchev–Trinajstić information content (AvgIpc) is 2.46. The summed E-state index contributed by atoms with van der Waals surface area (Å²) in [7, 11) is 0. The lowest BCUT2D eigenvalue weighted by atomic mass is 10.1. The summed E-state index contributed by atoms with van der Waals surface area (Å²) in [5, 5.41) is 8.54. The SMILES string of the molecule is N#CC1Cc2ccc(F)cc2O1. The van der Waals surface area contributed by atoms with Crippen molar-refractivity contribution in [3.8, 4) is 11.8 Å². The van der Waals surface area contributed by atoms with E-state index in [2.05, 4.69) is 0 Å². The molecule has 1 aromatic carbocycles. The van der Waals surface area contributed by atoms with Gasteiger partial charge in [-0.25, -0.2) is 4.39 Å². The minimum atomic E-state index is -0.443. The third-order valence-electron chi connectivity index (χ3n) is 1.85. The molecule has 1 unspecified atom stereocenters. The van der Waals surface area contributed by atoms with Gasteiger partial charge in [0.2, 0.25) is 0 Å². The Bertz CT molecular complexity index is 356. The normalized spacial score (nSPS) is 19.5. The lowest BCUT2D eigenvalue weighted by molar-refractivity contribution is 0.289. The highest BCUT2D eigenvalue weighted by Crippen LogP contribution is 2.28. The summed E-state index contributed by atoms with van der Waals surface area (Å²) >= 11 is 0. The number of benzene rings is 1. The zero-order valence-corrected chi connectivity index (χ0v) is 6.25.